The molecule has 0 radical (unpaired) electrons. The Balaban J connectivity index is 1.71. The van der Waals surface area contributed by atoms with Crippen molar-refractivity contribution in [2.45, 2.75) is 13.8 Å². The first kappa shape index (κ1) is 21.6. The van der Waals surface area contributed by atoms with Crippen LogP contribution < -0.4 is 20.2 Å². The third-order valence-corrected chi connectivity index (χ3v) is 4.61. The first-order chi connectivity index (χ1) is 14.9. The molecule has 2 amide bonds. The summed E-state index contributed by atoms with van der Waals surface area (Å²) in [4.78, 5) is 24.8. The Bertz CT molecular complexity index is 1130. The number of nitrogens with one attached hydrogen (secondary N) is 2. The fourth-order valence-electron chi connectivity index (χ4n) is 2.88. The average molecular weight is 421 g/mol. The molecule has 31 heavy (non-hydrogen) atoms. The fourth-order valence-corrected chi connectivity index (χ4v) is 2.88. The molecule has 0 unspecified atom stereocenters. The van der Waals surface area contributed by atoms with E-state index in [1.165, 1.54) is 20.5 Å². The highest BCUT2D eigenvalue weighted by Gasteiger charge is 2.13. The smallest absolute Gasteiger partial charge is 0.274 e. The zero-order chi connectivity index (χ0) is 22.4. The number of hydrogen-bond acceptors (Lipinski definition) is 6. The van der Waals surface area contributed by atoms with Crippen LogP contribution in [0.4, 0.5) is 5.69 Å². The van der Waals surface area contributed by atoms with Gasteiger partial charge < -0.3 is 19.2 Å². The molecule has 1 heterocycles. The van der Waals surface area contributed by atoms with Gasteiger partial charge in [-0.05, 0) is 55.8 Å². The van der Waals surface area contributed by atoms with Crippen molar-refractivity contribution in [2.24, 2.45) is 5.10 Å². The number of benzene rings is 2. The molecule has 2 aromatic carbocycles. The summed E-state index contributed by atoms with van der Waals surface area (Å²) in [5, 5.41) is 6.99. The predicted octanol–water partition coefficient (Wildman–Crippen LogP) is 4.01. The van der Waals surface area contributed by atoms with Gasteiger partial charge in [0.15, 0.2) is 11.5 Å². The Morgan fingerprint density at radius 3 is 2.39 bits per heavy atom. The number of anilines is 1. The summed E-state index contributed by atoms with van der Waals surface area (Å²) in [5.74, 6) is 0.876. The van der Waals surface area contributed by atoms with E-state index >= 15 is 0 Å². The molecule has 0 aliphatic rings. The van der Waals surface area contributed by atoms with Crippen molar-refractivity contribution < 1.29 is 23.5 Å². The Morgan fingerprint density at radius 2 is 1.71 bits per heavy atom. The van der Waals surface area contributed by atoms with Crippen LogP contribution in [0, 0.1) is 6.92 Å². The third-order valence-electron chi connectivity index (χ3n) is 4.61. The number of rotatable bonds is 7. The van der Waals surface area contributed by atoms with Crippen LogP contribution in [0.25, 0.3) is 0 Å². The fraction of sp³-hybridized carbons (Fsp3) is 0.174. The molecule has 2 N–H and O–H groups in total. The Morgan fingerprint density at radius 1 is 0.935 bits per heavy atom. The zero-order valence-corrected chi connectivity index (χ0v) is 17.7. The summed E-state index contributed by atoms with van der Waals surface area (Å²) in [5.41, 5.74) is 5.27. The first-order valence-electron chi connectivity index (χ1n) is 9.45. The van der Waals surface area contributed by atoms with Crippen LogP contribution in [0.2, 0.25) is 0 Å². The van der Waals surface area contributed by atoms with E-state index in [9.17, 15) is 9.59 Å². The van der Waals surface area contributed by atoms with Crippen molar-refractivity contribution in [2.75, 3.05) is 19.5 Å². The number of furan rings is 1. The van der Waals surface area contributed by atoms with E-state index in [4.69, 9.17) is 13.9 Å². The van der Waals surface area contributed by atoms with Gasteiger partial charge >= 0.3 is 0 Å². The molecule has 1 aromatic heterocycles. The minimum absolute atomic E-state index is 0.295. The molecular weight excluding hydrogens is 398 g/mol. The Labute approximate surface area is 179 Å². The SMILES string of the molecule is COc1ccc(C(=O)Nc2cccc(C(C)=NNC(=O)c3ccoc3C)c2)cc1OC. The lowest BCUT2D eigenvalue weighted by atomic mass is 10.1. The monoisotopic (exact) mass is 421 g/mol. The summed E-state index contributed by atoms with van der Waals surface area (Å²) in [6, 6.07) is 13.7. The van der Waals surface area contributed by atoms with Crippen molar-refractivity contribution in [3.8, 4) is 11.5 Å². The molecule has 0 spiro atoms. The number of hydrazone groups is 1. The summed E-state index contributed by atoms with van der Waals surface area (Å²) in [7, 11) is 3.05. The van der Waals surface area contributed by atoms with Gasteiger partial charge in [0.2, 0.25) is 0 Å². The highest BCUT2D eigenvalue weighted by molar-refractivity contribution is 6.06. The predicted molar refractivity (Wildman–Crippen MR) is 117 cm³/mol. The van der Waals surface area contributed by atoms with Crippen molar-refractivity contribution in [1.82, 2.24) is 5.43 Å². The van der Waals surface area contributed by atoms with E-state index in [0.29, 0.717) is 39.8 Å². The normalized spacial score (nSPS) is 11.0. The van der Waals surface area contributed by atoms with E-state index in [1.807, 2.05) is 6.07 Å². The van der Waals surface area contributed by atoms with E-state index in [1.54, 1.807) is 56.3 Å². The maximum Gasteiger partial charge on any atom is 0.274 e. The first-order valence-corrected chi connectivity index (χ1v) is 9.45. The molecule has 3 aromatic rings. The van der Waals surface area contributed by atoms with Gasteiger partial charge in [-0.15, -0.1) is 0 Å². The van der Waals surface area contributed by atoms with Crippen LogP contribution in [0.15, 0.2) is 64.3 Å². The third kappa shape index (κ3) is 5.11. The molecule has 3 rings (SSSR count). The van der Waals surface area contributed by atoms with Gasteiger partial charge in [-0.25, -0.2) is 5.43 Å². The lowest BCUT2D eigenvalue weighted by Crippen LogP contribution is -2.19. The number of nitrogens with zero attached hydrogens (tertiary/aromatic N) is 1. The molecule has 8 heteroatoms. The quantitative estimate of drug-likeness (QED) is 0.443. The maximum atomic E-state index is 12.6. The molecule has 0 bridgehead atoms. The van der Waals surface area contributed by atoms with Crippen LogP contribution in [-0.2, 0) is 0 Å². The lowest BCUT2D eigenvalue weighted by molar-refractivity contribution is 0.0952. The van der Waals surface area contributed by atoms with Crippen LogP contribution in [0.3, 0.4) is 0 Å². The molecular formula is C23H23N3O5. The van der Waals surface area contributed by atoms with E-state index in [2.05, 4.69) is 15.8 Å². The van der Waals surface area contributed by atoms with E-state index < -0.39 is 0 Å². The van der Waals surface area contributed by atoms with Gasteiger partial charge in [0.05, 0.1) is 31.8 Å². The number of hydrogen-bond donors (Lipinski definition) is 2. The van der Waals surface area contributed by atoms with Crippen molar-refractivity contribution in [1.29, 1.82) is 0 Å². The van der Waals surface area contributed by atoms with Crippen molar-refractivity contribution in [3.63, 3.8) is 0 Å². The number of carbonyl (C=O) groups excluding carboxylic acids is 2. The van der Waals surface area contributed by atoms with Gasteiger partial charge in [0, 0.05) is 11.3 Å². The molecule has 0 fully saturated rings. The average Bonchev–Trinajstić information content (AvgIpc) is 3.22. The van der Waals surface area contributed by atoms with Gasteiger partial charge in [-0.2, -0.15) is 5.10 Å². The summed E-state index contributed by atoms with van der Waals surface area (Å²) in [6.07, 6.45) is 1.45. The summed E-state index contributed by atoms with van der Waals surface area (Å²) >= 11 is 0. The second-order valence-electron chi connectivity index (χ2n) is 6.63. The van der Waals surface area contributed by atoms with Gasteiger partial charge in [-0.3, -0.25) is 9.59 Å². The zero-order valence-electron chi connectivity index (χ0n) is 17.7. The minimum Gasteiger partial charge on any atom is -0.493 e. The van der Waals surface area contributed by atoms with Gasteiger partial charge in [0.25, 0.3) is 11.8 Å². The number of methoxy groups -OCH3 is 2. The number of carbonyl (C=O) groups is 2. The van der Waals surface area contributed by atoms with Crippen molar-refractivity contribution >= 4 is 23.2 Å². The van der Waals surface area contributed by atoms with Gasteiger partial charge in [-0.1, -0.05) is 12.1 Å². The second-order valence-corrected chi connectivity index (χ2v) is 6.63. The topological polar surface area (TPSA) is 102 Å². The molecule has 0 saturated carbocycles. The van der Waals surface area contributed by atoms with Crippen LogP contribution >= 0.6 is 0 Å². The highest BCUT2D eigenvalue weighted by atomic mass is 16.5. The molecule has 8 nitrogen and oxygen atoms in total. The van der Waals surface area contributed by atoms with E-state index in [0.717, 1.165) is 5.56 Å². The largest absolute Gasteiger partial charge is 0.493 e. The summed E-state index contributed by atoms with van der Waals surface area (Å²) in [6.45, 7) is 3.47. The molecule has 0 aliphatic heterocycles. The number of ether oxygens (including phenoxy) is 2. The molecule has 160 valence electrons. The minimum atomic E-state index is -0.358. The Kier molecular flexibility index (Phi) is 6.71. The van der Waals surface area contributed by atoms with Crippen LogP contribution in [0.5, 0.6) is 11.5 Å². The second kappa shape index (κ2) is 9.62. The number of aryl methyl sites for hydroxylation is 1. The maximum absolute atomic E-state index is 12.6. The standard InChI is InChI=1S/C23H23N3O5/c1-14(25-26-23(28)19-10-11-31-15(19)2)16-6-5-7-18(12-16)24-22(27)17-8-9-20(29-3)21(13-17)30-4/h5-13H,1-4H3,(H,24,27)(H,26,28). The molecule has 0 saturated heterocycles. The van der Waals surface area contributed by atoms with E-state index in [-0.39, 0.29) is 11.8 Å². The number of amides is 2. The molecule has 0 aliphatic carbocycles. The van der Waals surface area contributed by atoms with Crippen LogP contribution in [0.1, 0.15) is 39.0 Å². The summed E-state index contributed by atoms with van der Waals surface area (Å²) < 4.78 is 15.6. The molecule has 0 atom stereocenters. The van der Waals surface area contributed by atoms with Crippen molar-refractivity contribution in [3.05, 3.63) is 77.2 Å². The lowest BCUT2D eigenvalue weighted by Gasteiger charge is -2.11. The van der Waals surface area contributed by atoms with Crippen LogP contribution in [-0.4, -0.2) is 31.7 Å². The Hall–Kier alpha value is -4.07. The highest BCUT2D eigenvalue weighted by Crippen LogP contribution is 2.28. The van der Waals surface area contributed by atoms with Gasteiger partial charge in [0.1, 0.15) is 5.76 Å².